The lowest BCUT2D eigenvalue weighted by atomic mass is 9.94. The van der Waals surface area contributed by atoms with Gasteiger partial charge in [0.1, 0.15) is 0 Å². The van der Waals surface area contributed by atoms with Gasteiger partial charge >= 0.3 is 0 Å². The van der Waals surface area contributed by atoms with Crippen molar-refractivity contribution < 1.29 is 14.4 Å². The van der Waals surface area contributed by atoms with Crippen molar-refractivity contribution in [2.45, 2.75) is 20.3 Å². The first-order chi connectivity index (χ1) is 6.07. The molecule has 1 rings (SSSR count). The number of carbonyl (C=O) groups is 2. The van der Waals surface area contributed by atoms with Crippen molar-refractivity contribution in [3.8, 4) is 0 Å². The van der Waals surface area contributed by atoms with E-state index in [9.17, 15) is 14.4 Å². The van der Waals surface area contributed by atoms with Crippen LogP contribution in [0.3, 0.4) is 0 Å². The zero-order valence-electron chi connectivity index (χ0n) is 7.51. The summed E-state index contributed by atoms with van der Waals surface area (Å²) in [6, 6.07) is 0. The molecule has 1 radical (unpaired) electrons. The van der Waals surface area contributed by atoms with Crippen LogP contribution in [0.2, 0.25) is 0 Å². The molecule has 4 nitrogen and oxygen atoms in total. The molecule has 0 aromatic carbocycles. The Labute approximate surface area is 76.0 Å². The number of hydrogen-bond donors (Lipinski definition) is 1. The Hall–Kier alpha value is -1.45. The monoisotopic (exact) mass is 180 g/mol. The zero-order valence-corrected chi connectivity index (χ0v) is 7.51. The number of carbonyl (C=O) groups excluding carboxylic acids is 3. The molecular weight excluding hydrogens is 170 g/mol. The van der Waals surface area contributed by atoms with Gasteiger partial charge in [0.25, 0.3) is 0 Å². The van der Waals surface area contributed by atoms with E-state index in [1.54, 1.807) is 13.2 Å². The van der Waals surface area contributed by atoms with Gasteiger partial charge in [0.2, 0.25) is 5.91 Å². The van der Waals surface area contributed by atoms with Crippen molar-refractivity contribution in [2.75, 3.05) is 0 Å². The third-order valence-electron chi connectivity index (χ3n) is 2.05. The Morgan fingerprint density at radius 1 is 1.62 bits per heavy atom. The summed E-state index contributed by atoms with van der Waals surface area (Å²) in [4.78, 5) is 32.5. The molecule has 0 aliphatic carbocycles. The smallest absolute Gasteiger partial charge is 0.232 e. The average Bonchev–Trinajstić information content (AvgIpc) is 2.27. The second kappa shape index (κ2) is 3.51. The first-order valence-corrected chi connectivity index (χ1v) is 3.95. The number of amides is 1. The van der Waals surface area contributed by atoms with Gasteiger partial charge in [-0.25, -0.2) is 0 Å². The SMILES string of the molecule is CC(=O)C1=C(C)NC(=O)C1C[C]=O. The van der Waals surface area contributed by atoms with Crippen molar-refractivity contribution in [3.05, 3.63) is 11.3 Å². The molecule has 13 heavy (non-hydrogen) atoms. The standard InChI is InChI=1S/C9H10NO3/c1-5-8(6(2)12)7(3-4-11)9(13)10-5/h7H,3H2,1-2H3,(H,10,13). The van der Waals surface area contributed by atoms with Crippen LogP contribution in [0.25, 0.3) is 0 Å². The molecule has 0 fully saturated rings. The number of nitrogens with one attached hydrogen (secondary N) is 1. The molecule has 0 aromatic rings. The highest BCUT2D eigenvalue weighted by Gasteiger charge is 2.33. The van der Waals surface area contributed by atoms with Crippen LogP contribution in [-0.4, -0.2) is 18.0 Å². The summed E-state index contributed by atoms with van der Waals surface area (Å²) in [6.07, 6.45) is 1.60. The number of hydrogen-bond acceptors (Lipinski definition) is 3. The lowest BCUT2D eigenvalue weighted by molar-refractivity contribution is -0.123. The van der Waals surface area contributed by atoms with Crippen LogP contribution >= 0.6 is 0 Å². The molecular formula is C9H10NO3. The van der Waals surface area contributed by atoms with E-state index in [1.165, 1.54) is 6.92 Å². The Bertz CT molecular complexity index is 304. The van der Waals surface area contributed by atoms with Crippen LogP contribution < -0.4 is 5.32 Å². The van der Waals surface area contributed by atoms with E-state index in [4.69, 9.17) is 0 Å². The molecule has 1 amide bonds. The molecule has 1 aliphatic rings. The number of rotatable bonds is 3. The summed E-state index contributed by atoms with van der Waals surface area (Å²) < 4.78 is 0. The molecule has 0 spiro atoms. The van der Waals surface area contributed by atoms with E-state index in [0.29, 0.717) is 11.3 Å². The number of ketones is 1. The molecule has 0 saturated heterocycles. The van der Waals surface area contributed by atoms with Crippen LogP contribution in [0.15, 0.2) is 11.3 Å². The van der Waals surface area contributed by atoms with E-state index in [1.807, 2.05) is 0 Å². The maximum atomic E-state index is 11.2. The fourth-order valence-electron chi connectivity index (χ4n) is 1.52. The van der Waals surface area contributed by atoms with E-state index in [0.717, 1.165) is 0 Å². The first kappa shape index (κ1) is 9.64. The van der Waals surface area contributed by atoms with Gasteiger partial charge in [-0.05, 0) is 13.8 Å². The van der Waals surface area contributed by atoms with Crippen LogP contribution in [0, 0.1) is 5.92 Å². The molecule has 1 N–H and O–H groups in total. The fraction of sp³-hybridized carbons (Fsp3) is 0.444. The summed E-state index contributed by atoms with van der Waals surface area (Å²) in [6.45, 7) is 3.04. The number of Topliss-reactive ketones (excluding diaryl/α,β-unsaturated/α-hetero) is 1. The second-order valence-corrected chi connectivity index (χ2v) is 2.99. The topological polar surface area (TPSA) is 63.2 Å². The molecule has 4 heteroatoms. The normalized spacial score (nSPS) is 21.7. The van der Waals surface area contributed by atoms with E-state index in [-0.39, 0.29) is 18.1 Å². The summed E-state index contributed by atoms with van der Waals surface area (Å²) in [5, 5.41) is 2.52. The van der Waals surface area contributed by atoms with Crippen molar-refractivity contribution in [1.82, 2.24) is 5.32 Å². The average molecular weight is 180 g/mol. The van der Waals surface area contributed by atoms with Crippen molar-refractivity contribution >= 4 is 18.0 Å². The molecule has 0 bridgehead atoms. The lowest BCUT2D eigenvalue weighted by Crippen LogP contribution is -2.22. The van der Waals surface area contributed by atoms with Crippen LogP contribution in [0.5, 0.6) is 0 Å². The Kier molecular flexibility index (Phi) is 2.60. The predicted molar refractivity (Wildman–Crippen MR) is 45.3 cm³/mol. The molecule has 1 heterocycles. The third-order valence-corrected chi connectivity index (χ3v) is 2.05. The summed E-state index contributed by atoms with van der Waals surface area (Å²) in [5.41, 5.74) is 0.964. The first-order valence-electron chi connectivity index (χ1n) is 3.95. The maximum absolute atomic E-state index is 11.2. The second-order valence-electron chi connectivity index (χ2n) is 2.99. The van der Waals surface area contributed by atoms with E-state index >= 15 is 0 Å². The maximum Gasteiger partial charge on any atom is 0.232 e. The van der Waals surface area contributed by atoms with Crippen molar-refractivity contribution in [3.63, 3.8) is 0 Å². The van der Waals surface area contributed by atoms with Gasteiger partial charge in [0.05, 0.1) is 5.92 Å². The highest BCUT2D eigenvalue weighted by atomic mass is 16.2. The molecule has 0 aromatic heterocycles. The minimum atomic E-state index is -0.630. The lowest BCUT2D eigenvalue weighted by Gasteiger charge is -2.04. The van der Waals surface area contributed by atoms with Crippen LogP contribution in [0.1, 0.15) is 20.3 Å². The largest absolute Gasteiger partial charge is 0.329 e. The zero-order chi connectivity index (χ0) is 10.0. The fourth-order valence-corrected chi connectivity index (χ4v) is 1.52. The molecule has 1 atom stereocenters. The van der Waals surface area contributed by atoms with Gasteiger partial charge in [0.15, 0.2) is 12.1 Å². The molecule has 1 unspecified atom stereocenters. The van der Waals surface area contributed by atoms with E-state index < -0.39 is 5.92 Å². The predicted octanol–water partition coefficient (Wildman–Crippen LogP) is 0.0952. The van der Waals surface area contributed by atoms with Gasteiger partial charge in [-0.15, -0.1) is 0 Å². The minimum absolute atomic E-state index is 0.0436. The molecule has 0 saturated carbocycles. The Morgan fingerprint density at radius 3 is 2.69 bits per heavy atom. The quantitative estimate of drug-likeness (QED) is 0.669. The minimum Gasteiger partial charge on any atom is -0.329 e. The highest BCUT2D eigenvalue weighted by Crippen LogP contribution is 2.24. The Balaban J connectivity index is 2.98. The van der Waals surface area contributed by atoms with Gasteiger partial charge in [-0.3, -0.25) is 14.4 Å². The van der Waals surface area contributed by atoms with Gasteiger partial charge in [-0.1, -0.05) is 0 Å². The summed E-state index contributed by atoms with van der Waals surface area (Å²) in [5.74, 6) is -1.09. The molecule has 69 valence electrons. The van der Waals surface area contributed by atoms with Gasteiger partial charge in [-0.2, -0.15) is 0 Å². The number of allylic oxidation sites excluding steroid dienone is 1. The van der Waals surface area contributed by atoms with Gasteiger partial charge < -0.3 is 5.32 Å². The van der Waals surface area contributed by atoms with Crippen LogP contribution in [0.4, 0.5) is 0 Å². The summed E-state index contributed by atoms with van der Waals surface area (Å²) >= 11 is 0. The highest BCUT2D eigenvalue weighted by molar-refractivity contribution is 6.05. The van der Waals surface area contributed by atoms with Crippen molar-refractivity contribution in [1.29, 1.82) is 0 Å². The van der Waals surface area contributed by atoms with Crippen molar-refractivity contribution in [2.24, 2.45) is 5.92 Å². The third kappa shape index (κ3) is 1.66. The van der Waals surface area contributed by atoms with E-state index in [2.05, 4.69) is 5.32 Å². The van der Waals surface area contributed by atoms with Crippen LogP contribution in [-0.2, 0) is 14.4 Å². The van der Waals surface area contributed by atoms with Gasteiger partial charge in [0, 0.05) is 17.7 Å². The Morgan fingerprint density at radius 2 is 2.23 bits per heavy atom. The summed E-state index contributed by atoms with van der Waals surface area (Å²) in [7, 11) is 0. The molecule has 1 aliphatic heterocycles.